The lowest BCUT2D eigenvalue weighted by Gasteiger charge is -2.26. The van der Waals surface area contributed by atoms with Gasteiger partial charge in [-0.3, -0.25) is 9.69 Å². The van der Waals surface area contributed by atoms with Crippen LogP contribution in [0.15, 0.2) is 24.3 Å². The van der Waals surface area contributed by atoms with Crippen molar-refractivity contribution in [3.8, 4) is 0 Å². The van der Waals surface area contributed by atoms with Crippen molar-refractivity contribution in [2.45, 2.75) is 31.7 Å². The number of hydrogen-bond donors (Lipinski definition) is 1. The van der Waals surface area contributed by atoms with Crippen LogP contribution >= 0.6 is 11.8 Å². The smallest absolute Gasteiger partial charge is 0.327 e. The van der Waals surface area contributed by atoms with Gasteiger partial charge in [0.25, 0.3) is 0 Å². The normalized spacial score (nSPS) is 22.1. The molecule has 0 aliphatic carbocycles. The van der Waals surface area contributed by atoms with E-state index in [1.807, 2.05) is 36.0 Å². The van der Waals surface area contributed by atoms with Crippen molar-refractivity contribution in [3.05, 3.63) is 29.8 Å². The monoisotopic (exact) mass is 305 g/mol. The van der Waals surface area contributed by atoms with E-state index in [1.165, 1.54) is 4.90 Å². The van der Waals surface area contributed by atoms with Crippen molar-refractivity contribution < 1.29 is 14.7 Å². The first-order chi connectivity index (χ1) is 10.2. The van der Waals surface area contributed by atoms with Crippen molar-refractivity contribution in [1.29, 1.82) is 0 Å². The number of carboxylic acids is 1. The van der Waals surface area contributed by atoms with E-state index >= 15 is 0 Å². The van der Waals surface area contributed by atoms with Crippen molar-refractivity contribution in [3.63, 3.8) is 0 Å². The number of thioether (sulfide) groups is 1. The van der Waals surface area contributed by atoms with E-state index in [0.717, 1.165) is 35.6 Å². The van der Waals surface area contributed by atoms with Gasteiger partial charge in [0.15, 0.2) is 0 Å². The molecule has 0 bridgehead atoms. The van der Waals surface area contributed by atoms with Gasteiger partial charge >= 0.3 is 5.97 Å². The van der Waals surface area contributed by atoms with Gasteiger partial charge in [-0.25, -0.2) is 4.79 Å². The Morgan fingerprint density at radius 2 is 1.95 bits per heavy atom. The number of para-hydroxylation sites is 1. The van der Waals surface area contributed by atoms with Crippen molar-refractivity contribution in [1.82, 2.24) is 0 Å². The van der Waals surface area contributed by atoms with Crippen LogP contribution in [0.4, 0.5) is 5.69 Å². The Labute approximate surface area is 128 Å². The maximum absolute atomic E-state index is 12.6. The van der Waals surface area contributed by atoms with Gasteiger partial charge < -0.3 is 5.11 Å². The number of amides is 1. The average Bonchev–Trinajstić information content (AvgIpc) is 2.88. The van der Waals surface area contributed by atoms with Crippen molar-refractivity contribution in [2.75, 3.05) is 16.4 Å². The van der Waals surface area contributed by atoms with Gasteiger partial charge in [0.05, 0.1) is 0 Å². The van der Waals surface area contributed by atoms with Crippen LogP contribution in [0.2, 0.25) is 0 Å². The number of nitrogens with zero attached hydrogens (tertiary/aromatic N) is 1. The molecule has 3 rings (SSSR count). The lowest BCUT2D eigenvalue weighted by molar-refractivity contribution is -0.140. The number of carboxylic acid groups (broad SMARTS) is 1. The molecule has 0 aromatic heterocycles. The highest BCUT2D eigenvalue weighted by atomic mass is 32.2. The quantitative estimate of drug-likeness (QED) is 0.932. The fourth-order valence-corrected chi connectivity index (χ4v) is 4.39. The third kappa shape index (κ3) is 2.93. The number of aliphatic carboxylic acids is 1. The maximum Gasteiger partial charge on any atom is 0.327 e. The molecule has 1 saturated heterocycles. The number of benzene rings is 1. The summed E-state index contributed by atoms with van der Waals surface area (Å²) in [4.78, 5) is 25.6. The molecule has 2 aliphatic heterocycles. The van der Waals surface area contributed by atoms with Crippen LogP contribution in [0.25, 0.3) is 0 Å². The lowest BCUT2D eigenvalue weighted by Crippen LogP contribution is -2.43. The van der Waals surface area contributed by atoms with Crippen LogP contribution in [-0.4, -0.2) is 34.5 Å². The van der Waals surface area contributed by atoms with Gasteiger partial charge in [0.1, 0.15) is 6.04 Å². The minimum atomic E-state index is -0.918. The molecule has 1 amide bonds. The molecule has 21 heavy (non-hydrogen) atoms. The maximum atomic E-state index is 12.6. The van der Waals surface area contributed by atoms with E-state index in [4.69, 9.17) is 0 Å². The summed E-state index contributed by atoms with van der Waals surface area (Å²) >= 11 is 1.93. The summed E-state index contributed by atoms with van der Waals surface area (Å²) in [5.74, 6) is 1.66. The number of fused-ring (bicyclic) bond motifs is 1. The predicted octanol–water partition coefficient (Wildman–Crippen LogP) is 2.56. The van der Waals surface area contributed by atoms with Crippen LogP contribution < -0.4 is 4.90 Å². The number of hydrogen-bond acceptors (Lipinski definition) is 3. The van der Waals surface area contributed by atoms with E-state index in [-0.39, 0.29) is 5.91 Å². The molecule has 112 valence electrons. The Bertz CT molecular complexity index is 554. The molecule has 0 radical (unpaired) electrons. The second kappa shape index (κ2) is 6.10. The Hall–Kier alpha value is -1.49. The molecule has 4 nitrogen and oxygen atoms in total. The fraction of sp³-hybridized carbons (Fsp3) is 0.500. The molecule has 1 fully saturated rings. The van der Waals surface area contributed by atoms with Gasteiger partial charge in [-0.1, -0.05) is 18.2 Å². The Balaban J connectivity index is 1.80. The van der Waals surface area contributed by atoms with Gasteiger partial charge in [-0.2, -0.15) is 11.8 Å². The summed E-state index contributed by atoms with van der Waals surface area (Å²) in [6.45, 7) is 0. The fourth-order valence-electron chi connectivity index (χ4n) is 3.19. The van der Waals surface area contributed by atoms with E-state index < -0.39 is 12.0 Å². The summed E-state index contributed by atoms with van der Waals surface area (Å²) < 4.78 is 0. The van der Waals surface area contributed by atoms with Crippen molar-refractivity contribution >= 4 is 29.3 Å². The molecule has 1 aromatic rings. The second-order valence-corrected chi connectivity index (χ2v) is 6.94. The first-order valence-electron chi connectivity index (χ1n) is 7.37. The van der Waals surface area contributed by atoms with Gasteiger partial charge in [0, 0.05) is 18.5 Å². The number of anilines is 1. The average molecular weight is 305 g/mol. The number of carbonyl (C=O) groups excluding carboxylic acids is 1. The lowest BCUT2D eigenvalue weighted by atomic mass is 9.98. The largest absolute Gasteiger partial charge is 0.480 e. The SMILES string of the molecule is O=C(O)C1Cc2ccccc2N1C(=O)CC1CCSCC1. The number of carbonyl (C=O) groups is 2. The van der Waals surface area contributed by atoms with E-state index in [9.17, 15) is 14.7 Å². The predicted molar refractivity (Wildman–Crippen MR) is 83.7 cm³/mol. The minimum absolute atomic E-state index is 0.0377. The highest BCUT2D eigenvalue weighted by Crippen LogP contribution is 2.34. The molecule has 1 unspecified atom stereocenters. The zero-order chi connectivity index (χ0) is 14.8. The molecule has 2 aliphatic rings. The molecular formula is C16H19NO3S. The number of rotatable bonds is 3. The Morgan fingerprint density at radius 3 is 2.67 bits per heavy atom. The topological polar surface area (TPSA) is 57.6 Å². The summed E-state index contributed by atoms with van der Waals surface area (Å²) in [6.07, 6.45) is 3.00. The van der Waals surface area contributed by atoms with Crippen molar-refractivity contribution in [2.24, 2.45) is 5.92 Å². The Morgan fingerprint density at radius 1 is 1.24 bits per heavy atom. The zero-order valence-corrected chi connectivity index (χ0v) is 12.6. The summed E-state index contributed by atoms with van der Waals surface area (Å²) in [5, 5.41) is 9.41. The highest BCUT2D eigenvalue weighted by Gasteiger charge is 2.38. The van der Waals surface area contributed by atoms with Gasteiger partial charge in [0.2, 0.25) is 5.91 Å². The zero-order valence-electron chi connectivity index (χ0n) is 11.8. The first-order valence-corrected chi connectivity index (χ1v) is 8.53. The second-order valence-electron chi connectivity index (χ2n) is 5.71. The molecule has 1 atom stereocenters. The summed E-state index contributed by atoms with van der Waals surface area (Å²) in [5.41, 5.74) is 1.73. The van der Waals surface area contributed by atoms with E-state index in [0.29, 0.717) is 18.8 Å². The molecule has 0 saturated carbocycles. The van der Waals surface area contributed by atoms with Crippen LogP contribution in [0, 0.1) is 5.92 Å². The van der Waals surface area contributed by atoms with Crippen LogP contribution in [0.5, 0.6) is 0 Å². The molecular weight excluding hydrogens is 286 g/mol. The third-order valence-electron chi connectivity index (χ3n) is 4.33. The molecule has 0 spiro atoms. The standard InChI is InChI=1S/C16H19NO3S/c18-15(9-11-5-7-21-8-6-11)17-13-4-2-1-3-12(13)10-14(17)16(19)20/h1-4,11,14H,5-10H2,(H,19,20). The van der Waals surface area contributed by atoms with Crippen LogP contribution in [0.1, 0.15) is 24.8 Å². The molecule has 5 heteroatoms. The third-order valence-corrected chi connectivity index (χ3v) is 5.38. The minimum Gasteiger partial charge on any atom is -0.480 e. The van der Waals surface area contributed by atoms with E-state index in [2.05, 4.69) is 0 Å². The Kier molecular flexibility index (Phi) is 4.19. The highest BCUT2D eigenvalue weighted by molar-refractivity contribution is 7.99. The first kappa shape index (κ1) is 14.4. The van der Waals surface area contributed by atoms with Gasteiger partial charge in [-0.05, 0) is 41.9 Å². The summed E-state index contributed by atoms with van der Waals surface area (Å²) in [7, 11) is 0. The summed E-state index contributed by atoms with van der Waals surface area (Å²) in [6, 6.07) is 6.78. The van der Waals surface area contributed by atoms with E-state index in [1.54, 1.807) is 0 Å². The molecule has 1 N–H and O–H groups in total. The molecule has 2 heterocycles. The van der Waals surface area contributed by atoms with Crippen LogP contribution in [0.3, 0.4) is 0 Å². The molecule has 1 aromatic carbocycles. The van der Waals surface area contributed by atoms with Crippen LogP contribution in [-0.2, 0) is 16.0 Å². The van der Waals surface area contributed by atoms with Gasteiger partial charge in [-0.15, -0.1) is 0 Å².